The summed E-state index contributed by atoms with van der Waals surface area (Å²) in [5.41, 5.74) is 0.840. The van der Waals surface area contributed by atoms with Crippen molar-refractivity contribution in [3.05, 3.63) is 99.4 Å². The molecule has 4 rings (SSSR count). The van der Waals surface area contributed by atoms with Gasteiger partial charge in [0, 0.05) is 17.7 Å². The van der Waals surface area contributed by atoms with Gasteiger partial charge in [0.15, 0.2) is 4.90 Å². The fourth-order valence-electron chi connectivity index (χ4n) is 4.79. The van der Waals surface area contributed by atoms with Crippen LogP contribution < -0.4 is 5.56 Å². The van der Waals surface area contributed by atoms with Crippen LogP contribution in [0.25, 0.3) is 11.1 Å². The van der Waals surface area contributed by atoms with Crippen molar-refractivity contribution in [3.8, 4) is 23.1 Å². The molecule has 0 saturated carbocycles. The van der Waals surface area contributed by atoms with Crippen molar-refractivity contribution in [1.82, 2.24) is 14.5 Å². The molecule has 4 aromatic rings. The molecule has 2 heterocycles. The van der Waals surface area contributed by atoms with Crippen LogP contribution in [-0.4, -0.2) is 28.1 Å². The third kappa shape index (κ3) is 5.74. The monoisotopic (exact) mass is 578 g/mol. The summed E-state index contributed by atoms with van der Waals surface area (Å²) in [4.78, 5) is 20.8. The molecule has 0 aliphatic heterocycles. The number of hydrogen-bond acceptors (Lipinski definition) is 7. The number of sulfone groups is 1. The number of halogens is 2. The van der Waals surface area contributed by atoms with Crippen molar-refractivity contribution < 1.29 is 22.3 Å². The van der Waals surface area contributed by atoms with Gasteiger partial charge in [0.2, 0.25) is 21.7 Å². The predicted octanol–water partition coefficient (Wildman–Crippen LogP) is 5.64. The van der Waals surface area contributed by atoms with Crippen LogP contribution in [0, 0.1) is 30.0 Å². The van der Waals surface area contributed by atoms with E-state index in [1.54, 1.807) is 19.9 Å². The van der Waals surface area contributed by atoms with E-state index >= 15 is 0 Å². The molecule has 2 aromatic carbocycles. The molecule has 1 N–H and O–H groups in total. The van der Waals surface area contributed by atoms with E-state index in [0.717, 1.165) is 12.5 Å². The number of nitriles is 1. The highest BCUT2D eigenvalue weighted by Crippen LogP contribution is 2.31. The van der Waals surface area contributed by atoms with Crippen molar-refractivity contribution in [2.45, 2.75) is 62.3 Å². The van der Waals surface area contributed by atoms with Gasteiger partial charge in [-0.05, 0) is 67.3 Å². The Hall–Kier alpha value is -4.43. The summed E-state index contributed by atoms with van der Waals surface area (Å²) < 4.78 is 56.2. The number of nitrogens with zero attached hydrogens (tertiary/aromatic N) is 4. The molecular weight excluding hydrogens is 550 g/mol. The van der Waals surface area contributed by atoms with Crippen molar-refractivity contribution >= 4 is 9.84 Å². The minimum absolute atomic E-state index is 0.178. The number of benzene rings is 2. The Morgan fingerprint density at radius 3 is 2.37 bits per heavy atom. The van der Waals surface area contributed by atoms with Gasteiger partial charge in [-0.25, -0.2) is 17.8 Å². The minimum atomic E-state index is -4.55. The van der Waals surface area contributed by atoms with Gasteiger partial charge in [0.05, 0.1) is 16.5 Å². The first kappa shape index (κ1) is 29.6. The average Bonchev–Trinajstić information content (AvgIpc) is 2.94. The summed E-state index contributed by atoms with van der Waals surface area (Å²) in [5, 5.41) is 20.1. The number of hydrogen-bond donors (Lipinski definition) is 1. The summed E-state index contributed by atoms with van der Waals surface area (Å²) in [7, 11) is -4.55. The molecule has 0 unspecified atom stereocenters. The van der Waals surface area contributed by atoms with E-state index in [9.17, 15) is 32.4 Å². The van der Waals surface area contributed by atoms with Crippen LogP contribution in [0.4, 0.5) is 8.78 Å². The Morgan fingerprint density at radius 1 is 1.05 bits per heavy atom. The van der Waals surface area contributed by atoms with E-state index in [4.69, 9.17) is 0 Å². The van der Waals surface area contributed by atoms with Crippen LogP contribution in [0.15, 0.2) is 69.2 Å². The first-order valence-corrected chi connectivity index (χ1v) is 14.5. The van der Waals surface area contributed by atoms with Crippen LogP contribution in [0.2, 0.25) is 0 Å². The first-order valence-electron chi connectivity index (χ1n) is 13.1. The summed E-state index contributed by atoms with van der Waals surface area (Å²) in [5.74, 6) is -2.09. The molecule has 0 bridgehead atoms. The maximum Gasteiger partial charge on any atom is 0.277 e. The van der Waals surface area contributed by atoms with E-state index in [0.29, 0.717) is 35.2 Å². The summed E-state index contributed by atoms with van der Waals surface area (Å²) in [6, 6.07) is 13.2. The lowest BCUT2D eigenvalue weighted by Gasteiger charge is -2.23. The van der Waals surface area contributed by atoms with Gasteiger partial charge in [-0.2, -0.15) is 14.6 Å². The minimum Gasteiger partial charge on any atom is -0.492 e. The maximum absolute atomic E-state index is 14.1. The van der Waals surface area contributed by atoms with Crippen LogP contribution in [-0.2, 0) is 16.3 Å². The summed E-state index contributed by atoms with van der Waals surface area (Å²) >= 11 is 0. The second kappa shape index (κ2) is 12.0. The highest BCUT2D eigenvalue weighted by Gasteiger charge is 2.31. The quantitative estimate of drug-likeness (QED) is 0.255. The van der Waals surface area contributed by atoms with Gasteiger partial charge in [-0.15, -0.1) is 0 Å². The molecule has 0 aliphatic rings. The maximum atomic E-state index is 14.1. The highest BCUT2D eigenvalue weighted by atomic mass is 32.2. The molecule has 0 radical (unpaired) electrons. The highest BCUT2D eigenvalue weighted by molar-refractivity contribution is 7.91. The number of aromatic nitrogens is 3. The Labute approximate surface area is 236 Å². The normalized spacial score (nSPS) is 12.2. The number of aromatic hydroxyl groups is 1. The lowest BCUT2D eigenvalue weighted by atomic mass is 10.0. The van der Waals surface area contributed by atoms with Crippen molar-refractivity contribution in [1.29, 1.82) is 5.26 Å². The number of aryl methyl sites for hydroxylation is 2. The van der Waals surface area contributed by atoms with Crippen LogP contribution >= 0.6 is 0 Å². The van der Waals surface area contributed by atoms with Gasteiger partial charge >= 0.3 is 0 Å². The van der Waals surface area contributed by atoms with E-state index in [2.05, 4.69) is 9.97 Å². The number of pyridine rings is 1. The SMILES string of the molecule is CCCCc1nc(O)c(S(=O)(=O)c2ccc(-c3ccc(F)nc3C)cc2)c(=O)n1[C@@H](CC)c1ccc(F)c(C#N)c1. The molecule has 11 heteroatoms. The molecule has 212 valence electrons. The van der Waals surface area contributed by atoms with Gasteiger partial charge in [0.1, 0.15) is 17.7 Å². The number of unbranched alkanes of at least 4 members (excludes halogenated alkanes) is 1. The van der Waals surface area contributed by atoms with Crippen molar-refractivity contribution in [2.24, 2.45) is 0 Å². The summed E-state index contributed by atoms with van der Waals surface area (Å²) in [6.07, 6.45) is 1.93. The largest absolute Gasteiger partial charge is 0.492 e. The molecule has 0 saturated heterocycles. The lowest BCUT2D eigenvalue weighted by Crippen LogP contribution is -2.33. The zero-order chi connectivity index (χ0) is 29.9. The van der Waals surface area contributed by atoms with Gasteiger partial charge in [0.25, 0.3) is 5.56 Å². The summed E-state index contributed by atoms with van der Waals surface area (Å²) in [6.45, 7) is 5.33. The molecule has 8 nitrogen and oxygen atoms in total. The molecule has 0 aliphatic carbocycles. The average molecular weight is 579 g/mol. The Morgan fingerprint density at radius 2 is 1.76 bits per heavy atom. The van der Waals surface area contributed by atoms with E-state index in [1.807, 2.05) is 6.92 Å². The standard InChI is InChI=1S/C30H28F2N4O4S/c1-4-6-7-27-35-29(37)28(30(38)36(27)25(5-2)20-10-14-24(31)21(16-20)17-33)41(39,40)22-11-8-19(9-12-22)23-13-15-26(32)34-18(23)3/h8-16,25,37H,4-7H2,1-3H3/t25-/m0/s1. The van der Waals surface area contributed by atoms with Crippen LogP contribution in [0.1, 0.15) is 61.8 Å². The first-order chi connectivity index (χ1) is 19.5. The topological polar surface area (TPSA) is 126 Å². The molecule has 2 aromatic heterocycles. The third-order valence-corrected chi connectivity index (χ3v) is 8.66. The zero-order valence-corrected chi connectivity index (χ0v) is 23.5. The molecule has 0 spiro atoms. The smallest absolute Gasteiger partial charge is 0.277 e. The second-order valence-corrected chi connectivity index (χ2v) is 11.4. The van der Waals surface area contributed by atoms with E-state index in [1.165, 1.54) is 53.1 Å². The van der Waals surface area contributed by atoms with E-state index < -0.39 is 44.0 Å². The molecular formula is C30H28F2N4O4S. The molecule has 1 atom stereocenters. The lowest BCUT2D eigenvalue weighted by molar-refractivity contribution is 0.406. The van der Waals surface area contributed by atoms with Gasteiger partial charge in [-0.1, -0.05) is 38.5 Å². The van der Waals surface area contributed by atoms with Crippen LogP contribution in [0.3, 0.4) is 0 Å². The third-order valence-electron chi connectivity index (χ3n) is 6.87. The van der Waals surface area contributed by atoms with Crippen molar-refractivity contribution in [3.63, 3.8) is 0 Å². The molecule has 0 fully saturated rings. The molecule has 0 amide bonds. The van der Waals surface area contributed by atoms with E-state index in [-0.39, 0.29) is 22.7 Å². The van der Waals surface area contributed by atoms with Crippen LogP contribution in [0.5, 0.6) is 5.88 Å². The molecule has 41 heavy (non-hydrogen) atoms. The fourth-order valence-corrected chi connectivity index (χ4v) is 6.13. The predicted molar refractivity (Wildman–Crippen MR) is 148 cm³/mol. The fraction of sp³-hybridized carbons (Fsp3) is 0.267. The van der Waals surface area contributed by atoms with Gasteiger partial charge in [-0.3, -0.25) is 9.36 Å². The Balaban J connectivity index is 1.88. The Kier molecular flexibility index (Phi) is 8.63. The second-order valence-electron chi connectivity index (χ2n) is 9.53. The number of rotatable bonds is 9. The van der Waals surface area contributed by atoms with Crippen molar-refractivity contribution in [2.75, 3.05) is 0 Å². The van der Waals surface area contributed by atoms with Gasteiger partial charge < -0.3 is 5.11 Å². The zero-order valence-electron chi connectivity index (χ0n) is 22.7. The Bertz CT molecular complexity index is 1810.